The molecule has 0 bridgehead atoms. The van der Waals surface area contributed by atoms with Crippen LogP contribution in [-0.2, 0) is 0 Å². The van der Waals surface area contributed by atoms with Gasteiger partial charge in [-0.05, 0) is 70.8 Å². The first kappa shape index (κ1) is 31.9. The fourth-order valence-electron chi connectivity index (χ4n) is 7.94. The summed E-state index contributed by atoms with van der Waals surface area (Å²) in [6.07, 6.45) is 0. The van der Waals surface area contributed by atoms with E-state index in [1.165, 1.54) is 10.8 Å². The van der Waals surface area contributed by atoms with Crippen LogP contribution in [0.4, 0.5) is 0 Å². The van der Waals surface area contributed by atoms with Crippen molar-refractivity contribution >= 4 is 43.7 Å². The van der Waals surface area contributed by atoms with E-state index in [1.807, 2.05) is 48.5 Å². The van der Waals surface area contributed by atoms with Gasteiger partial charge in [0.1, 0.15) is 11.2 Å². The minimum absolute atomic E-state index is 0.614. The molecule has 0 N–H and O–H groups in total. The molecule has 0 saturated carbocycles. The van der Waals surface area contributed by atoms with E-state index in [1.54, 1.807) is 0 Å². The number of para-hydroxylation sites is 2. The summed E-state index contributed by atoms with van der Waals surface area (Å²) in [4.78, 5) is 15.2. The zero-order valence-corrected chi connectivity index (χ0v) is 30.2. The average Bonchev–Trinajstić information content (AvgIpc) is 3.82. The Labute approximate surface area is 322 Å². The second kappa shape index (κ2) is 13.0. The highest BCUT2D eigenvalue weighted by atomic mass is 16.3. The van der Waals surface area contributed by atoms with Crippen molar-refractivity contribution in [2.75, 3.05) is 0 Å². The maximum absolute atomic E-state index is 6.15. The second-order valence-corrected chi connectivity index (χ2v) is 14.1. The molecule has 3 heterocycles. The lowest BCUT2D eigenvalue weighted by Gasteiger charge is -2.12. The van der Waals surface area contributed by atoms with Crippen molar-refractivity contribution in [3.8, 4) is 62.1 Å². The summed E-state index contributed by atoms with van der Waals surface area (Å²) in [5.74, 6) is 1.87. The molecule has 8 aromatic carbocycles. The third-order valence-corrected chi connectivity index (χ3v) is 10.6. The van der Waals surface area contributed by atoms with Crippen LogP contribution in [-0.4, -0.2) is 19.5 Å². The standard InChI is InChI=1S/C51H32N4O/c1-3-13-33(14-4-1)35-17-11-18-38(29-35)50-52-49(34-15-5-2-6-16-34)53-51(54-50)39-19-12-20-40(30-39)55-45-23-9-7-21-41(45)42-27-25-37(32-46(42)55)36-26-28-48-44(31-36)43-22-8-10-24-47(43)56-48/h1-32H. The van der Waals surface area contributed by atoms with Gasteiger partial charge in [0.05, 0.1) is 11.0 Å². The van der Waals surface area contributed by atoms with Crippen LogP contribution < -0.4 is 0 Å². The minimum atomic E-state index is 0.614. The summed E-state index contributed by atoms with van der Waals surface area (Å²) in [5.41, 5.74) is 12.4. The number of benzene rings is 8. The summed E-state index contributed by atoms with van der Waals surface area (Å²) in [5, 5.41) is 4.63. The zero-order valence-electron chi connectivity index (χ0n) is 30.2. The molecule has 3 aromatic heterocycles. The van der Waals surface area contributed by atoms with Gasteiger partial charge in [0, 0.05) is 43.9 Å². The van der Waals surface area contributed by atoms with E-state index in [0.29, 0.717) is 17.5 Å². The van der Waals surface area contributed by atoms with Gasteiger partial charge >= 0.3 is 0 Å². The van der Waals surface area contributed by atoms with Gasteiger partial charge < -0.3 is 8.98 Å². The Balaban J connectivity index is 1.07. The first-order valence-electron chi connectivity index (χ1n) is 18.8. The summed E-state index contributed by atoms with van der Waals surface area (Å²) in [6.45, 7) is 0. The number of aromatic nitrogens is 4. The number of rotatable bonds is 6. The molecular formula is C51H32N4O. The first-order valence-corrected chi connectivity index (χ1v) is 18.8. The van der Waals surface area contributed by atoms with E-state index < -0.39 is 0 Å². The summed E-state index contributed by atoms with van der Waals surface area (Å²) < 4.78 is 8.50. The lowest BCUT2D eigenvalue weighted by Crippen LogP contribution is -2.01. The number of fused-ring (bicyclic) bond motifs is 6. The molecule has 11 rings (SSSR count). The van der Waals surface area contributed by atoms with Gasteiger partial charge in [0.15, 0.2) is 17.5 Å². The molecule has 0 amide bonds. The number of hydrogen-bond donors (Lipinski definition) is 0. The summed E-state index contributed by atoms with van der Waals surface area (Å²) in [6, 6.07) is 67.6. The highest BCUT2D eigenvalue weighted by molar-refractivity contribution is 6.11. The molecule has 0 aliphatic heterocycles. The molecule has 262 valence electrons. The summed E-state index contributed by atoms with van der Waals surface area (Å²) >= 11 is 0. The van der Waals surface area contributed by atoms with Gasteiger partial charge in [-0.2, -0.15) is 0 Å². The van der Waals surface area contributed by atoms with Crippen LogP contribution in [0.25, 0.3) is 106 Å². The van der Waals surface area contributed by atoms with Crippen molar-refractivity contribution in [2.24, 2.45) is 0 Å². The van der Waals surface area contributed by atoms with Crippen LogP contribution in [0.1, 0.15) is 0 Å². The zero-order chi connectivity index (χ0) is 37.0. The van der Waals surface area contributed by atoms with Gasteiger partial charge in [-0.3, -0.25) is 0 Å². The van der Waals surface area contributed by atoms with Crippen LogP contribution in [0.2, 0.25) is 0 Å². The maximum Gasteiger partial charge on any atom is 0.164 e. The van der Waals surface area contributed by atoms with E-state index in [4.69, 9.17) is 19.4 Å². The Morgan fingerprint density at radius 1 is 0.304 bits per heavy atom. The molecule has 56 heavy (non-hydrogen) atoms. The fraction of sp³-hybridized carbons (Fsp3) is 0. The van der Waals surface area contributed by atoms with Crippen molar-refractivity contribution in [3.05, 3.63) is 194 Å². The SMILES string of the molecule is c1ccc(-c2cccc(-c3nc(-c4ccccc4)nc(-c4cccc(-n5c6ccccc6c6ccc(-c7ccc8oc9ccccc9c8c7)cc65)c4)n3)c2)cc1. The molecule has 0 fully saturated rings. The lowest BCUT2D eigenvalue weighted by molar-refractivity contribution is 0.669. The van der Waals surface area contributed by atoms with Gasteiger partial charge in [-0.15, -0.1) is 0 Å². The number of furan rings is 1. The number of nitrogens with zero attached hydrogens (tertiary/aromatic N) is 4. The molecule has 11 aromatic rings. The van der Waals surface area contributed by atoms with Gasteiger partial charge in [0.25, 0.3) is 0 Å². The van der Waals surface area contributed by atoms with Crippen LogP contribution in [0.3, 0.4) is 0 Å². The van der Waals surface area contributed by atoms with Crippen LogP contribution in [0, 0.1) is 0 Å². The van der Waals surface area contributed by atoms with E-state index >= 15 is 0 Å². The Morgan fingerprint density at radius 2 is 0.839 bits per heavy atom. The Bertz CT molecular complexity index is 3250. The van der Waals surface area contributed by atoms with Crippen LogP contribution in [0.5, 0.6) is 0 Å². The van der Waals surface area contributed by atoms with E-state index in [9.17, 15) is 0 Å². The molecule has 0 atom stereocenters. The highest BCUT2D eigenvalue weighted by Crippen LogP contribution is 2.38. The van der Waals surface area contributed by atoms with Gasteiger partial charge in [-0.25, -0.2) is 15.0 Å². The molecule has 0 saturated heterocycles. The van der Waals surface area contributed by atoms with Crippen molar-refractivity contribution < 1.29 is 4.42 Å². The van der Waals surface area contributed by atoms with Gasteiger partial charge in [0.2, 0.25) is 0 Å². The van der Waals surface area contributed by atoms with Crippen molar-refractivity contribution in [1.29, 1.82) is 0 Å². The van der Waals surface area contributed by atoms with Crippen LogP contribution >= 0.6 is 0 Å². The van der Waals surface area contributed by atoms with Crippen molar-refractivity contribution in [1.82, 2.24) is 19.5 Å². The quantitative estimate of drug-likeness (QED) is 0.172. The Hall–Kier alpha value is -7.63. The van der Waals surface area contributed by atoms with Crippen molar-refractivity contribution in [3.63, 3.8) is 0 Å². The minimum Gasteiger partial charge on any atom is -0.456 e. The predicted octanol–water partition coefficient (Wildman–Crippen LogP) is 13.2. The van der Waals surface area contributed by atoms with Crippen LogP contribution in [0.15, 0.2) is 199 Å². The van der Waals surface area contributed by atoms with Gasteiger partial charge in [-0.1, -0.05) is 146 Å². The Kier molecular flexibility index (Phi) is 7.42. The van der Waals surface area contributed by atoms with Crippen molar-refractivity contribution in [2.45, 2.75) is 0 Å². The molecule has 0 radical (unpaired) electrons. The average molecular weight is 717 g/mol. The smallest absolute Gasteiger partial charge is 0.164 e. The molecule has 0 unspecified atom stereocenters. The predicted molar refractivity (Wildman–Crippen MR) is 229 cm³/mol. The van der Waals surface area contributed by atoms with E-state index in [-0.39, 0.29) is 0 Å². The maximum atomic E-state index is 6.15. The fourth-order valence-corrected chi connectivity index (χ4v) is 7.94. The number of hydrogen-bond acceptors (Lipinski definition) is 4. The molecule has 0 spiro atoms. The molecule has 0 aliphatic carbocycles. The topological polar surface area (TPSA) is 56.7 Å². The normalized spacial score (nSPS) is 11.6. The summed E-state index contributed by atoms with van der Waals surface area (Å²) in [7, 11) is 0. The molecule has 0 aliphatic rings. The largest absolute Gasteiger partial charge is 0.456 e. The molecule has 5 heteroatoms. The lowest BCUT2D eigenvalue weighted by atomic mass is 10.0. The van der Waals surface area contributed by atoms with E-state index in [2.05, 4.69) is 150 Å². The molecule has 5 nitrogen and oxygen atoms in total. The third-order valence-electron chi connectivity index (χ3n) is 10.6. The van der Waals surface area contributed by atoms with E-state index in [0.717, 1.165) is 77.6 Å². The molecular weight excluding hydrogens is 685 g/mol. The monoisotopic (exact) mass is 716 g/mol. The first-order chi connectivity index (χ1) is 27.7. The third kappa shape index (κ3) is 5.45. The highest BCUT2D eigenvalue weighted by Gasteiger charge is 2.17. The Morgan fingerprint density at radius 3 is 1.64 bits per heavy atom. The second-order valence-electron chi connectivity index (χ2n) is 14.1.